The maximum Gasteiger partial charge on any atom is 0.246 e. The molecule has 2 aliphatic carbocycles. The van der Waals surface area contributed by atoms with E-state index in [0.717, 1.165) is 29.8 Å². The van der Waals surface area contributed by atoms with Gasteiger partial charge in [-0.05, 0) is 61.8 Å². The number of fused-ring (bicyclic) bond motifs is 5. The van der Waals surface area contributed by atoms with Crippen LogP contribution < -0.4 is 0 Å². The Morgan fingerprint density at radius 1 is 1.08 bits per heavy atom. The van der Waals surface area contributed by atoms with Gasteiger partial charge in [0.2, 0.25) is 5.89 Å². The predicted octanol–water partition coefficient (Wildman–Crippen LogP) is 5.98. The molecule has 4 aromatic rings. The van der Waals surface area contributed by atoms with Gasteiger partial charge in [-0.2, -0.15) is 5.10 Å². The van der Waals surface area contributed by atoms with Crippen LogP contribution in [0.25, 0.3) is 22.8 Å². The van der Waals surface area contributed by atoms with Crippen molar-refractivity contribution in [3.05, 3.63) is 77.2 Å². The minimum atomic E-state index is -0.664. The standard InChI is InChI=1S/C29H25F2N5O/c1-6-27(2,3)23-15-37-26(34-23)21-13-32-14-22(33-21)29-11-10-17(28(29,4)5)16-12-20(35-36-25(16)29)24-18(30)8-7-9-19(24)31/h1,7-9,12-15,17H,10-11H2,2-5H3/t17-,29-/m0/s1. The number of halogens is 2. The molecule has 2 bridgehead atoms. The summed E-state index contributed by atoms with van der Waals surface area (Å²) in [5.41, 5.74) is 2.21. The van der Waals surface area contributed by atoms with Crippen molar-refractivity contribution in [2.45, 2.75) is 57.3 Å². The van der Waals surface area contributed by atoms with Gasteiger partial charge in [-0.25, -0.2) is 18.7 Å². The average molecular weight is 498 g/mol. The fourth-order valence-corrected chi connectivity index (χ4v) is 6.18. The van der Waals surface area contributed by atoms with Crippen LogP contribution in [0.4, 0.5) is 8.78 Å². The number of oxazole rings is 1. The molecule has 0 N–H and O–H groups in total. The summed E-state index contributed by atoms with van der Waals surface area (Å²) in [5, 5.41) is 8.87. The van der Waals surface area contributed by atoms with Crippen LogP contribution in [0, 0.1) is 29.4 Å². The van der Waals surface area contributed by atoms with Crippen LogP contribution in [0.5, 0.6) is 0 Å². The van der Waals surface area contributed by atoms with Gasteiger partial charge < -0.3 is 4.42 Å². The maximum atomic E-state index is 14.5. The van der Waals surface area contributed by atoms with Crippen LogP contribution in [0.15, 0.2) is 47.3 Å². The minimum Gasteiger partial charge on any atom is -0.443 e. The van der Waals surface area contributed by atoms with Gasteiger partial charge in [0.25, 0.3) is 0 Å². The van der Waals surface area contributed by atoms with Gasteiger partial charge >= 0.3 is 0 Å². The molecule has 1 saturated carbocycles. The lowest BCUT2D eigenvalue weighted by atomic mass is 9.66. The minimum absolute atomic E-state index is 0.127. The summed E-state index contributed by atoms with van der Waals surface area (Å²) in [7, 11) is 0. The number of terminal acetylenes is 1. The molecule has 6 rings (SSSR count). The molecular formula is C29H25F2N5O. The third-order valence-corrected chi connectivity index (χ3v) is 8.40. The number of rotatable bonds is 4. The average Bonchev–Trinajstić information content (AvgIpc) is 3.53. The van der Waals surface area contributed by atoms with Crippen molar-refractivity contribution in [2.75, 3.05) is 0 Å². The number of nitrogens with zero attached hydrogens (tertiary/aromatic N) is 5. The molecule has 2 aliphatic rings. The summed E-state index contributed by atoms with van der Waals surface area (Å²) in [6.07, 6.45) is 12.3. The van der Waals surface area contributed by atoms with E-state index in [4.69, 9.17) is 15.8 Å². The number of hydrogen-bond acceptors (Lipinski definition) is 6. The Balaban J connectivity index is 1.47. The van der Waals surface area contributed by atoms with Crippen molar-refractivity contribution in [1.29, 1.82) is 0 Å². The molecule has 1 fully saturated rings. The van der Waals surface area contributed by atoms with Gasteiger partial charge in [-0.15, -0.1) is 11.5 Å². The van der Waals surface area contributed by atoms with Gasteiger partial charge in [0, 0.05) is 6.20 Å². The molecule has 0 aliphatic heterocycles. The fourth-order valence-electron chi connectivity index (χ4n) is 6.18. The highest BCUT2D eigenvalue weighted by atomic mass is 19.1. The number of benzene rings is 1. The first-order valence-corrected chi connectivity index (χ1v) is 12.2. The van der Waals surface area contributed by atoms with E-state index in [1.54, 1.807) is 24.7 Å². The molecule has 0 radical (unpaired) electrons. The Morgan fingerprint density at radius 3 is 2.57 bits per heavy atom. The smallest absolute Gasteiger partial charge is 0.246 e. The van der Waals surface area contributed by atoms with Crippen LogP contribution in [-0.2, 0) is 10.8 Å². The van der Waals surface area contributed by atoms with E-state index in [9.17, 15) is 8.78 Å². The molecule has 0 spiro atoms. The summed E-state index contributed by atoms with van der Waals surface area (Å²) in [6.45, 7) is 8.16. The normalized spacial score (nSPS) is 21.6. The molecule has 37 heavy (non-hydrogen) atoms. The lowest BCUT2D eigenvalue weighted by Crippen LogP contribution is -2.38. The van der Waals surface area contributed by atoms with Crippen molar-refractivity contribution >= 4 is 0 Å². The Kier molecular flexibility index (Phi) is 4.91. The first kappa shape index (κ1) is 23.4. The second kappa shape index (κ2) is 7.75. The maximum absolute atomic E-state index is 14.5. The van der Waals surface area contributed by atoms with E-state index in [1.807, 2.05) is 13.8 Å². The molecular weight excluding hydrogens is 472 g/mol. The molecule has 6 nitrogen and oxygen atoms in total. The van der Waals surface area contributed by atoms with Gasteiger partial charge in [-0.3, -0.25) is 4.98 Å². The second-order valence-electron chi connectivity index (χ2n) is 10.9. The number of aromatic nitrogens is 5. The predicted molar refractivity (Wildman–Crippen MR) is 133 cm³/mol. The third-order valence-electron chi connectivity index (χ3n) is 8.40. The Labute approximate surface area is 213 Å². The summed E-state index contributed by atoms with van der Waals surface area (Å²) in [4.78, 5) is 14.0. The molecule has 1 aromatic carbocycles. The number of hydrogen-bond donors (Lipinski definition) is 0. The molecule has 0 amide bonds. The van der Waals surface area contributed by atoms with Gasteiger partial charge in [0.1, 0.15) is 23.6 Å². The van der Waals surface area contributed by atoms with E-state index in [-0.39, 0.29) is 22.6 Å². The topological polar surface area (TPSA) is 77.6 Å². The van der Waals surface area contributed by atoms with Crippen LogP contribution in [-0.4, -0.2) is 25.1 Å². The Morgan fingerprint density at radius 2 is 1.84 bits per heavy atom. The molecule has 3 heterocycles. The van der Waals surface area contributed by atoms with Gasteiger partial charge in [0.05, 0.1) is 45.4 Å². The van der Waals surface area contributed by atoms with E-state index in [2.05, 4.69) is 39.9 Å². The molecule has 186 valence electrons. The fraction of sp³-hybridized carbons (Fsp3) is 0.345. The zero-order valence-electron chi connectivity index (χ0n) is 21.0. The van der Waals surface area contributed by atoms with E-state index < -0.39 is 22.5 Å². The van der Waals surface area contributed by atoms with Crippen molar-refractivity contribution in [2.24, 2.45) is 5.41 Å². The van der Waals surface area contributed by atoms with E-state index >= 15 is 0 Å². The quantitative estimate of drug-likeness (QED) is 0.323. The third kappa shape index (κ3) is 3.13. The summed E-state index contributed by atoms with van der Waals surface area (Å²) in [5.74, 6) is 1.86. The van der Waals surface area contributed by atoms with Gasteiger partial charge in [-0.1, -0.05) is 25.8 Å². The largest absolute Gasteiger partial charge is 0.443 e. The highest BCUT2D eigenvalue weighted by Gasteiger charge is 2.65. The van der Waals surface area contributed by atoms with Gasteiger partial charge in [0.15, 0.2) is 0 Å². The molecule has 2 atom stereocenters. The molecule has 0 unspecified atom stereocenters. The van der Waals surface area contributed by atoms with Crippen LogP contribution in [0.3, 0.4) is 0 Å². The lowest BCUT2D eigenvalue weighted by molar-refractivity contribution is 0.242. The van der Waals surface area contributed by atoms with Crippen molar-refractivity contribution < 1.29 is 13.2 Å². The summed E-state index contributed by atoms with van der Waals surface area (Å²) >= 11 is 0. The lowest BCUT2D eigenvalue weighted by Gasteiger charge is -2.37. The van der Waals surface area contributed by atoms with Crippen LogP contribution in [0.2, 0.25) is 0 Å². The van der Waals surface area contributed by atoms with E-state index in [0.29, 0.717) is 17.3 Å². The SMILES string of the molecule is C#CC(C)(C)c1coc(-c2cncc([C@@]34CC[C@@H](c5cc(-c6c(F)cccc6F)nnc53)C4(C)C)n2)n1. The van der Waals surface area contributed by atoms with Crippen molar-refractivity contribution in [3.63, 3.8) is 0 Å². The molecule has 8 heteroatoms. The van der Waals surface area contributed by atoms with E-state index in [1.165, 1.54) is 18.2 Å². The molecule has 3 aromatic heterocycles. The Bertz CT molecular complexity index is 1580. The van der Waals surface area contributed by atoms with Crippen molar-refractivity contribution in [3.8, 4) is 35.2 Å². The second-order valence-corrected chi connectivity index (χ2v) is 10.9. The molecule has 0 saturated heterocycles. The zero-order chi connectivity index (χ0) is 26.2. The highest BCUT2D eigenvalue weighted by molar-refractivity contribution is 5.64. The monoisotopic (exact) mass is 497 g/mol. The summed E-state index contributed by atoms with van der Waals surface area (Å²) in [6, 6.07) is 5.58. The Hall–Kier alpha value is -3.99. The van der Waals surface area contributed by atoms with Crippen LogP contribution in [0.1, 0.15) is 69.1 Å². The first-order chi connectivity index (χ1) is 17.6. The first-order valence-electron chi connectivity index (χ1n) is 12.2. The highest BCUT2D eigenvalue weighted by Crippen LogP contribution is 2.69. The summed E-state index contributed by atoms with van der Waals surface area (Å²) < 4.78 is 34.8. The van der Waals surface area contributed by atoms with Crippen molar-refractivity contribution in [1.82, 2.24) is 25.1 Å². The van der Waals surface area contributed by atoms with Crippen LogP contribution >= 0.6 is 0 Å². The zero-order valence-corrected chi connectivity index (χ0v) is 21.0.